The van der Waals surface area contributed by atoms with Crippen LogP contribution in [0.2, 0.25) is 10.0 Å². The molecule has 8 heterocycles. The summed E-state index contributed by atoms with van der Waals surface area (Å²) < 4.78 is 44.5. The first kappa shape index (κ1) is 93.7. The number of carboxylic acid groups (broad SMARTS) is 1. The fourth-order valence-electron chi connectivity index (χ4n) is 15.9. The number of hydrogen-bond donors (Lipinski definition) is 21. The smallest absolute Gasteiger partial charge is 0.335 e. The van der Waals surface area contributed by atoms with Gasteiger partial charge in [-0.15, -0.1) is 0 Å². The van der Waals surface area contributed by atoms with Gasteiger partial charge in [0.1, 0.15) is 131 Å². The molecule has 0 spiro atoms. The SMILES string of the molecule is CN[C@H]1C(=O)N[C@@H]2Cc3ccc(cc3)Oc3cc4cc(c3O[C@@H]3O[C@H](C(=O)O)[C@@H](O)[C@H](O)[C@H]3NC(=O)CCCCCCCCC(C)C)Oc3ccc(cc3Cl)[C@@H](O)[C@H]3NC(=O)[C@H](NC(=O)[C@@H]4NC(=O)[C@@H](NC2=O)c2cc(cc(O)c2Cl)Oc2cc1ccc2O)c1ccc(O)c(c1)-c1c(O[C@H]2O[C@@H](CO)[C@@H](O)[C@H](O)[C@@H]2O)cc(O)cc1[C@@H](C(=O)NCCCN(C)C)NC3=O. The van der Waals surface area contributed by atoms with Crippen molar-refractivity contribution in [1.29, 1.82) is 0 Å². The first-order chi connectivity index (χ1) is 61.1. The number of ether oxygens (including phenoxy) is 7. The zero-order chi connectivity index (χ0) is 92.0. The summed E-state index contributed by atoms with van der Waals surface area (Å²) >= 11 is 14.3. The van der Waals surface area contributed by atoms with Crippen LogP contribution in [0.3, 0.4) is 0 Å². The number of halogens is 2. The normalized spacial score (nSPS) is 25.8. The van der Waals surface area contributed by atoms with Gasteiger partial charge in [0.05, 0.1) is 16.7 Å². The van der Waals surface area contributed by atoms with Crippen molar-refractivity contribution in [3.05, 3.63) is 164 Å². The molecule has 2 saturated heterocycles. The third-order valence-corrected chi connectivity index (χ3v) is 23.4. The molecular weight excluding hydrogens is 1720 g/mol. The van der Waals surface area contributed by atoms with E-state index in [-0.39, 0.29) is 47.8 Å². The van der Waals surface area contributed by atoms with E-state index in [1.807, 2.05) is 0 Å². The maximum atomic E-state index is 16.8. The van der Waals surface area contributed by atoms with Crippen molar-refractivity contribution in [3.8, 4) is 80.1 Å². The maximum absolute atomic E-state index is 16.8. The lowest BCUT2D eigenvalue weighted by molar-refractivity contribution is -0.277. The second kappa shape index (κ2) is 40.6. The molecule has 21 N–H and O–H groups in total. The summed E-state index contributed by atoms with van der Waals surface area (Å²) in [5.74, 6) is -17.5. The van der Waals surface area contributed by atoms with Crippen molar-refractivity contribution in [3.63, 3.8) is 0 Å². The van der Waals surface area contributed by atoms with Crippen LogP contribution in [0.4, 0.5) is 0 Å². The molecule has 7 aromatic carbocycles. The Kier molecular flexibility index (Phi) is 29.7. The van der Waals surface area contributed by atoms with Crippen LogP contribution >= 0.6 is 23.2 Å². The first-order valence-corrected chi connectivity index (χ1v) is 42.3. The number of hydrogen-bond acceptors (Lipinski definition) is 29. The van der Waals surface area contributed by atoms with Gasteiger partial charge in [-0.1, -0.05) is 106 Å². The predicted molar refractivity (Wildman–Crippen MR) is 452 cm³/mol. The van der Waals surface area contributed by atoms with Crippen LogP contribution in [0.15, 0.2) is 115 Å². The lowest BCUT2D eigenvalue weighted by Gasteiger charge is -2.41. The molecule has 8 aliphatic rings. The number of phenols is 4. The molecule has 17 bridgehead atoms. The standard InChI is InChI=1S/C88H100Cl2N10O28/c1-38(2)13-10-8-6-7-9-11-14-61(106)94-70-73(109)75(111)78(86(120)121)128-87(70)127-77-58-31-43-32-59(77)124-55-24-19-42(29-50(55)89)71(107)69-85(119)98-67(80(114)92-25-12-26-100(4)5)48-33-44(102)34-57(125-88-76(112)74(110)72(108)60(37-101)126-88)62(48)47-28-40(17-22-52(47)103)65(82(116)99-69)95-83(117)66(43)96-84(118)68-49-35-46(36-54(105)63(49)90)123-56-30-41(18-23-53(56)104)64(91-3)81(115)93-51(79(113)97-68)27-39-15-20-45(122-58)21-16-39/h15-24,28-36,38,51,60,64-76,78,87-88,91,101-105,107-112H,6-14,25-27,37H2,1-5H3,(H,92,114)(H,93,115)(H,94,106)(H,95,117)(H,96,118)(H,97,113)(H,98,119)(H,99,116)(H,120,121)/t51-,60+,64-,65-,66-,67+,68+,69-,70-,71-,72-,73-,74+,75+,76+,78+,87-,88+/m1/s1. The minimum Gasteiger partial charge on any atom is -0.508 e. The lowest BCUT2D eigenvalue weighted by atomic mass is 9.89. The van der Waals surface area contributed by atoms with Crippen molar-refractivity contribution in [2.45, 2.75) is 188 Å². The van der Waals surface area contributed by atoms with Crippen LogP contribution in [0.5, 0.6) is 69.0 Å². The summed E-state index contributed by atoms with van der Waals surface area (Å²) in [7, 11) is 4.95. The van der Waals surface area contributed by atoms with E-state index in [1.165, 1.54) is 49.5 Å². The Hall–Kier alpha value is -11.9. The Balaban J connectivity index is 1.04. The molecule has 684 valence electrons. The first-order valence-electron chi connectivity index (χ1n) is 41.5. The van der Waals surface area contributed by atoms with Gasteiger partial charge in [0.25, 0.3) is 0 Å². The van der Waals surface area contributed by atoms with E-state index in [0.29, 0.717) is 30.9 Å². The molecule has 0 saturated carbocycles. The van der Waals surface area contributed by atoms with Gasteiger partial charge in [0.2, 0.25) is 65.6 Å². The van der Waals surface area contributed by atoms with Crippen molar-refractivity contribution < 1.29 is 138 Å². The number of nitrogens with zero attached hydrogens (tertiary/aromatic N) is 1. The number of fused-ring (bicyclic) bond motifs is 14. The number of carbonyl (C=O) groups is 9. The molecule has 0 aromatic heterocycles. The number of phenolic OH excluding ortho intramolecular Hbond substituents is 4. The van der Waals surface area contributed by atoms with Crippen LogP contribution in [0.25, 0.3) is 11.1 Å². The van der Waals surface area contributed by atoms with E-state index in [1.54, 1.807) is 19.0 Å². The van der Waals surface area contributed by atoms with E-state index in [0.717, 1.165) is 105 Å². The van der Waals surface area contributed by atoms with E-state index in [4.69, 9.17) is 56.4 Å². The van der Waals surface area contributed by atoms with E-state index < -0.39 is 271 Å². The lowest BCUT2D eigenvalue weighted by Crippen LogP contribution is -2.66. The third-order valence-electron chi connectivity index (χ3n) is 22.7. The molecule has 0 aliphatic carbocycles. The Morgan fingerprint density at radius 2 is 1.21 bits per heavy atom. The number of carbonyl (C=O) groups excluding carboxylic acids is 8. The number of rotatable bonds is 22. The number of amides is 8. The number of nitrogens with one attached hydrogen (secondary N) is 9. The zero-order valence-corrected chi connectivity index (χ0v) is 71.2. The molecule has 0 radical (unpaired) electrons. The molecule has 128 heavy (non-hydrogen) atoms. The fraction of sp³-hybridized carbons (Fsp3) is 0.420. The van der Waals surface area contributed by atoms with Crippen molar-refractivity contribution in [1.82, 2.24) is 52.8 Å². The highest BCUT2D eigenvalue weighted by atomic mass is 35.5. The van der Waals surface area contributed by atoms with Crippen LogP contribution in [0.1, 0.15) is 147 Å². The highest BCUT2D eigenvalue weighted by Gasteiger charge is 2.52. The molecule has 18 atom stereocenters. The average molecular weight is 1820 g/mol. The number of aliphatic hydroxyl groups is 7. The number of aromatic hydroxyl groups is 4. The summed E-state index contributed by atoms with van der Waals surface area (Å²) in [5, 5.41) is 161. The molecule has 8 amide bonds. The van der Waals surface area contributed by atoms with Crippen LogP contribution in [0, 0.1) is 5.92 Å². The minimum absolute atomic E-state index is 0.0943. The highest BCUT2D eigenvalue weighted by molar-refractivity contribution is 6.33. The second-order valence-electron chi connectivity index (χ2n) is 32.7. The van der Waals surface area contributed by atoms with Gasteiger partial charge in [-0.3, -0.25) is 38.4 Å². The number of carboxylic acids is 1. The largest absolute Gasteiger partial charge is 0.508 e. The van der Waals surface area contributed by atoms with Crippen LogP contribution < -0.4 is 71.5 Å². The van der Waals surface area contributed by atoms with Crippen molar-refractivity contribution in [2.75, 3.05) is 40.8 Å². The number of aliphatic carboxylic acids is 1. The monoisotopic (exact) mass is 1810 g/mol. The molecule has 38 nitrogen and oxygen atoms in total. The second-order valence-corrected chi connectivity index (χ2v) is 33.5. The predicted octanol–water partition coefficient (Wildman–Crippen LogP) is 4.17. The summed E-state index contributed by atoms with van der Waals surface area (Å²) in [4.78, 5) is 140. The maximum Gasteiger partial charge on any atom is 0.335 e. The zero-order valence-electron chi connectivity index (χ0n) is 69.7. The Bertz CT molecular complexity index is 5340. The Labute approximate surface area is 742 Å². The van der Waals surface area contributed by atoms with Gasteiger partial charge in [0.15, 0.2) is 29.1 Å². The summed E-state index contributed by atoms with van der Waals surface area (Å²) in [6.45, 7) is 3.61. The van der Waals surface area contributed by atoms with Gasteiger partial charge in [-0.05, 0) is 153 Å². The molecule has 7 aromatic rings. The number of benzene rings is 7. The molecule has 8 aliphatic heterocycles. The Morgan fingerprint density at radius 1 is 0.562 bits per heavy atom. The van der Waals surface area contributed by atoms with E-state index >= 15 is 28.8 Å². The highest BCUT2D eigenvalue weighted by Crippen LogP contribution is 2.51. The minimum atomic E-state index is -2.45. The number of unbranched alkanes of at least 4 members (excludes halogenated alkanes) is 5. The summed E-state index contributed by atoms with van der Waals surface area (Å²) in [5.41, 5.74) is -2.68. The number of likely N-dealkylation sites (N-methyl/N-ethyl adjacent to an activating group) is 1. The summed E-state index contributed by atoms with van der Waals surface area (Å²) in [6, 6.07) is 5.68. The van der Waals surface area contributed by atoms with Gasteiger partial charge in [0, 0.05) is 48.2 Å². The Morgan fingerprint density at radius 3 is 1.91 bits per heavy atom. The van der Waals surface area contributed by atoms with Crippen LogP contribution in [-0.4, -0.2) is 234 Å². The van der Waals surface area contributed by atoms with Gasteiger partial charge >= 0.3 is 5.97 Å². The van der Waals surface area contributed by atoms with Gasteiger partial charge < -0.3 is 147 Å². The molecule has 15 rings (SSSR count). The topological polar surface area (TPSA) is 573 Å². The molecule has 0 unspecified atom stereocenters. The quantitative estimate of drug-likeness (QED) is 0.0423. The average Bonchev–Trinajstić information content (AvgIpc) is 0.755. The van der Waals surface area contributed by atoms with Gasteiger partial charge in [-0.25, -0.2) is 4.79 Å². The van der Waals surface area contributed by atoms with E-state index in [9.17, 15) is 75.7 Å². The molecule has 2 fully saturated rings. The van der Waals surface area contributed by atoms with Crippen LogP contribution in [-0.2, 0) is 59.0 Å². The third kappa shape index (κ3) is 21.1. The fourth-order valence-corrected chi connectivity index (χ4v) is 16.4. The summed E-state index contributed by atoms with van der Waals surface area (Å²) in [6.07, 6.45) is -15.8. The molecular formula is C88H100Cl2N10O28. The van der Waals surface area contributed by atoms with Crippen molar-refractivity contribution in [2.24, 2.45) is 5.92 Å². The number of aliphatic hydroxyl groups excluding tert-OH is 7. The molecule has 40 heteroatoms. The van der Waals surface area contributed by atoms with Gasteiger partial charge in [-0.2, -0.15) is 0 Å². The van der Waals surface area contributed by atoms with Crippen molar-refractivity contribution >= 4 is 76.4 Å². The van der Waals surface area contributed by atoms with E-state index in [2.05, 4.69) is 61.7 Å².